The van der Waals surface area contributed by atoms with E-state index in [4.69, 9.17) is 4.74 Å². The summed E-state index contributed by atoms with van der Waals surface area (Å²) in [5.41, 5.74) is 2.64. The Morgan fingerprint density at radius 1 is 1.11 bits per heavy atom. The predicted molar refractivity (Wildman–Crippen MR) is 138 cm³/mol. The summed E-state index contributed by atoms with van der Waals surface area (Å²) in [4.78, 5) is 35.5. The van der Waals surface area contributed by atoms with E-state index in [1.807, 2.05) is 42.6 Å². The first-order chi connectivity index (χ1) is 17.0. The zero-order valence-corrected chi connectivity index (χ0v) is 20.8. The van der Waals surface area contributed by atoms with E-state index in [2.05, 4.69) is 61.5 Å². The largest absolute Gasteiger partial charge is 0.453 e. The van der Waals surface area contributed by atoms with Crippen molar-refractivity contribution >= 4 is 38.7 Å². The second kappa shape index (κ2) is 9.92. The summed E-state index contributed by atoms with van der Waals surface area (Å²) in [5, 5.41) is 4.99. The number of alkyl carbamates (subject to hydrolysis) is 1. The maximum absolute atomic E-state index is 13.6. The number of nitrogens with zero attached hydrogens (tertiary/aromatic N) is 2. The molecule has 1 aromatic heterocycles. The lowest BCUT2D eigenvalue weighted by Crippen LogP contribution is -2.42. The van der Waals surface area contributed by atoms with Gasteiger partial charge in [-0.1, -0.05) is 64.5 Å². The van der Waals surface area contributed by atoms with Gasteiger partial charge in [-0.05, 0) is 47.4 Å². The van der Waals surface area contributed by atoms with Crippen molar-refractivity contribution < 1.29 is 14.3 Å². The van der Waals surface area contributed by atoms with Gasteiger partial charge in [0.05, 0.1) is 25.0 Å². The van der Waals surface area contributed by atoms with Gasteiger partial charge in [-0.2, -0.15) is 0 Å². The van der Waals surface area contributed by atoms with Gasteiger partial charge >= 0.3 is 6.09 Å². The molecule has 0 unspecified atom stereocenters. The van der Waals surface area contributed by atoms with Crippen LogP contribution in [0, 0.1) is 0 Å². The third-order valence-electron chi connectivity index (χ3n) is 6.39. The van der Waals surface area contributed by atoms with Crippen LogP contribution < -0.4 is 5.32 Å². The number of likely N-dealkylation sites (tertiary alicyclic amines) is 1. The molecule has 35 heavy (non-hydrogen) atoms. The monoisotopic (exact) mass is 532 g/mol. The van der Waals surface area contributed by atoms with Gasteiger partial charge in [0.1, 0.15) is 11.9 Å². The molecule has 8 heteroatoms. The Labute approximate surface area is 211 Å². The fourth-order valence-corrected chi connectivity index (χ4v) is 5.01. The molecule has 0 bridgehead atoms. The van der Waals surface area contributed by atoms with Crippen LogP contribution in [0.4, 0.5) is 4.79 Å². The molecule has 2 heterocycles. The van der Waals surface area contributed by atoms with Gasteiger partial charge in [-0.3, -0.25) is 4.79 Å². The number of imidazole rings is 1. The number of fused-ring (bicyclic) bond motifs is 1. The van der Waals surface area contributed by atoms with E-state index >= 15 is 0 Å². The van der Waals surface area contributed by atoms with Gasteiger partial charge in [0.15, 0.2) is 0 Å². The highest BCUT2D eigenvalue weighted by molar-refractivity contribution is 9.10. The fourth-order valence-electron chi connectivity index (χ4n) is 4.63. The van der Waals surface area contributed by atoms with Crippen LogP contribution in [0.5, 0.6) is 0 Å². The zero-order chi connectivity index (χ0) is 24.4. The number of aromatic amines is 1. The summed E-state index contributed by atoms with van der Waals surface area (Å²) in [6.45, 7) is 0.594. The van der Waals surface area contributed by atoms with Crippen molar-refractivity contribution in [2.75, 3.05) is 13.7 Å². The molecule has 178 valence electrons. The van der Waals surface area contributed by atoms with Gasteiger partial charge in [0, 0.05) is 16.6 Å². The second-order valence-corrected chi connectivity index (χ2v) is 9.47. The zero-order valence-electron chi connectivity index (χ0n) is 19.2. The van der Waals surface area contributed by atoms with Gasteiger partial charge < -0.3 is 19.9 Å². The van der Waals surface area contributed by atoms with Crippen LogP contribution in [0.25, 0.3) is 22.0 Å². The summed E-state index contributed by atoms with van der Waals surface area (Å²) >= 11 is 3.52. The standard InChI is InChI=1S/C27H25BrN4O3/c1-35-27(34)31-24(17-6-3-2-4-7-17)26(33)32-13-5-8-23(32)25-29-16-22(30-25)20-10-9-19-15-21(28)12-11-18(19)14-20/h2-4,6-7,9-12,14-16,23-24H,5,8,13H2,1H3,(H,29,30)(H,31,34)/t23-,24+/m0/s1. The molecule has 7 nitrogen and oxygen atoms in total. The smallest absolute Gasteiger partial charge is 0.407 e. The average Bonchev–Trinajstić information content (AvgIpc) is 3.57. The molecular formula is C27H25BrN4O3. The van der Waals surface area contributed by atoms with E-state index in [0.717, 1.165) is 45.2 Å². The first-order valence-corrected chi connectivity index (χ1v) is 12.3. The highest BCUT2D eigenvalue weighted by Crippen LogP contribution is 2.34. The van der Waals surface area contributed by atoms with Crippen LogP contribution in [-0.4, -0.2) is 40.5 Å². The van der Waals surface area contributed by atoms with E-state index in [9.17, 15) is 9.59 Å². The Hall–Kier alpha value is -3.65. The Morgan fingerprint density at radius 2 is 1.89 bits per heavy atom. The van der Waals surface area contributed by atoms with Crippen LogP contribution in [0.3, 0.4) is 0 Å². The van der Waals surface area contributed by atoms with E-state index in [-0.39, 0.29) is 11.9 Å². The highest BCUT2D eigenvalue weighted by atomic mass is 79.9. The molecule has 2 N–H and O–H groups in total. The van der Waals surface area contributed by atoms with Crippen molar-refractivity contribution in [3.05, 3.63) is 88.8 Å². The summed E-state index contributed by atoms with van der Waals surface area (Å²) < 4.78 is 5.82. The summed E-state index contributed by atoms with van der Waals surface area (Å²) in [5.74, 6) is 0.560. The fraction of sp³-hybridized carbons (Fsp3) is 0.222. The lowest BCUT2D eigenvalue weighted by Gasteiger charge is -2.28. The molecule has 1 fully saturated rings. The molecule has 0 radical (unpaired) electrons. The van der Waals surface area contributed by atoms with Crippen LogP contribution >= 0.6 is 15.9 Å². The number of ether oxygens (including phenoxy) is 1. The summed E-state index contributed by atoms with van der Waals surface area (Å²) in [6.07, 6.45) is 2.82. The Balaban J connectivity index is 1.41. The lowest BCUT2D eigenvalue weighted by molar-refractivity contribution is -0.134. The normalized spacial score (nSPS) is 16.3. The molecule has 2 atom stereocenters. The second-order valence-electron chi connectivity index (χ2n) is 8.56. The van der Waals surface area contributed by atoms with Gasteiger partial charge in [0.25, 0.3) is 5.91 Å². The molecular weight excluding hydrogens is 508 g/mol. The van der Waals surface area contributed by atoms with Gasteiger partial charge in [-0.15, -0.1) is 0 Å². The lowest BCUT2D eigenvalue weighted by atomic mass is 10.0. The van der Waals surface area contributed by atoms with Crippen molar-refractivity contribution in [1.29, 1.82) is 0 Å². The number of carbonyl (C=O) groups is 2. The Bertz CT molecular complexity index is 1370. The van der Waals surface area contributed by atoms with Crippen LogP contribution in [-0.2, 0) is 9.53 Å². The summed E-state index contributed by atoms with van der Waals surface area (Å²) in [6, 6.07) is 20.7. The van der Waals surface area contributed by atoms with E-state index in [1.54, 1.807) is 4.90 Å². The number of halogens is 1. The number of nitrogens with one attached hydrogen (secondary N) is 2. The van der Waals surface area contributed by atoms with Crippen molar-refractivity contribution in [3.8, 4) is 11.3 Å². The number of hydrogen-bond acceptors (Lipinski definition) is 4. The van der Waals surface area contributed by atoms with Crippen LogP contribution in [0.2, 0.25) is 0 Å². The average molecular weight is 533 g/mol. The van der Waals surface area contributed by atoms with Gasteiger partial charge in [0.2, 0.25) is 0 Å². The Morgan fingerprint density at radius 3 is 2.69 bits per heavy atom. The molecule has 0 saturated carbocycles. The van der Waals surface area contributed by atoms with Crippen molar-refractivity contribution in [3.63, 3.8) is 0 Å². The first kappa shape index (κ1) is 23.1. The minimum atomic E-state index is -0.835. The van der Waals surface area contributed by atoms with Crippen molar-refractivity contribution in [1.82, 2.24) is 20.2 Å². The molecule has 2 amide bonds. The third kappa shape index (κ3) is 4.79. The molecule has 1 aliphatic rings. The SMILES string of the molecule is COC(=O)N[C@@H](C(=O)N1CCC[C@H]1c1ncc(-c2ccc3cc(Br)ccc3c2)[nH]1)c1ccccc1. The number of amides is 2. The van der Waals surface area contributed by atoms with Crippen LogP contribution in [0.15, 0.2) is 77.4 Å². The van der Waals surface area contributed by atoms with E-state index < -0.39 is 12.1 Å². The number of carbonyl (C=O) groups excluding carboxylic acids is 2. The third-order valence-corrected chi connectivity index (χ3v) is 6.88. The minimum absolute atomic E-state index is 0.182. The molecule has 0 aliphatic carbocycles. The number of benzene rings is 3. The number of hydrogen-bond donors (Lipinski definition) is 2. The van der Waals surface area contributed by atoms with Crippen LogP contribution in [0.1, 0.15) is 36.3 Å². The molecule has 5 rings (SSSR count). The number of methoxy groups -OCH3 is 1. The first-order valence-electron chi connectivity index (χ1n) is 11.5. The number of H-pyrrole nitrogens is 1. The predicted octanol–water partition coefficient (Wildman–Crippen LogP) is 5.75. The molecule has 1 saturated heterocycles. The molecule has 1 aliphatic heterocycles. The van der Waals surface area contributed by atoms with E-state index in [0.29, 0.717) is 12.1 Å². The van der Waals surface area contributed by atoms with Gasteiger partial charge in [-0.25, -0.2) is 9.78 Å². The molecule has 4 aromatic rings. The maximum atomic E-state index is 13.6. The molecule has 3 aromatic carbocycles. The van der Waals surface area contributed by atoms with E-state index in [1.165, 1.54) is 7.11 Å². The quantitative estimate of drug-likeness (QED) is 0.342. The Kier molecular flexibility index (Phi) is 6.55. The topological polar surface area (TPSA) is 87.3 Å². The van der Waals surface area contributed by atoms with Crippen molar-refractivity contribution in [2.24, 2.45) is 0 Å². The number of rotatable bonds is 5. The number of aromatic nitrogens is 2. The summed E-state index contributed by atoms with van der Waals surface area (Å²) in [7, 11) is 1.29. The highest BCUT2D eigenvalue weighted by Gasteiger charge is 2.37. The van der Waals surface area contributed by atoms with Crippen molar-refractivity contribution in [2.45, 2.75) is 24.9 Å². The maximum Gasteiger partial charge on any atom is 0.407 e. The minimum Gasteiger partial charge on any atom is -0.453 e. The molecule has 0 spiro atoms.